The van der Waals surface area contributed by atoms with Crippen molar-refractivity contribution < 1.29 is 4.74 Å². The molecule has 308 valence electrons. The van der Waals surface area contributed by atoms with Crippen molar-refractivity contribution in [2.24, 2.45) is 0 Å². The van der Waals surface area contributed by atoms with E-state index in [1.807, 2.05) is 0 Å². The molecule has 0 N–H and O–H groups in total. The van der Waals surface area contributed by atoms with Gasteiger partial charge in [-0.3, -0.25) is 0 Å². The van der Waals surface area contributed by atoms with Crippen LogP contribution in [0.25, 0.3) is 54.6 Å². The van der Waals surface area contributed by atoms with Gasteiger partial charge in [0.25, 0.3) is 0 Å². The monoisotopic (exact) mass is 840 g/mol. The number of hydrogen-bond acceptors (Lipinski definition) is 3. The van der Waals surface area contributed by atoms with E-state index in [0.29, 0.717) is 0 Å². The van der Waals surface area contributed by atoms with Crippen molar-refractivity contribution in [3.05, 3.63) is 211 Å². The number of hydrogen-bond donors (Lipinski definition) is 0. The van der Waals surface area contributed by atoms with Crippen molar-refractivity contribution in [3.63, 3.8) is 0 Å². The molecule has 0 saturated heterocycles. The van der Waals surface area contributed by atoms with Gasteiger partial charge in [0, 0.05) is 56.3 Å². The van der Waals surface area contributed by atoms with Crippen LogP contribution in [0.15, 0.2) is 200 Å². The van der Waals surface area contributed by atoms with Crippen LogP contribution in [0.1, 0.15) is 25.0 Å². The second kappa shape index (κ2) is 14.3. The highest BCUT2D eigenvalue weighted by Crippen LogP contribution is 2.54. The van der Waals surface area contributed by atoms with E-state index in [9.17, 15) is 0 Å². The normalized spacial score (nSPS) is 13.3. The Morgan fingerprint density at radius 1 is 0.375 bits per heavy atom. The second-order valence-electron chi connectivity index (χ2n) is 19.0. The molecule has 2 aliphatic rings. The van der Waals surface area contributed by atoms with E-state index < -0.39 is 8.07 Å². The van der Waals surface area contributed by atoms with Gasteiger partial charge in [0.2, 0.25) is 0 Å². The largest absolute Gasteiger partial charge is 0.456 e. The molecule has 0 bridgehead atoms. The number of rotatable bonds is 7. The number of anilines is 6. The van der Waals surface area contributed by atoms with Crippen LogP contribution in [0.4, 0.5) is 34.1 Å². The van der Waals surface area contributed by atoms with E-state index in [0.717, 1.165) is 56.6 Å². The van der Waals surface area contributed by atoms with Crippen molar-refractivity contribution >= 4 is 79.7 Å². The van der Waals surface area contributed by atoms with Crippen molar-refractivity contribution in [3.8, 4) is 33.8 Å². The van der Waals surface area contributed by atoms with Gasteiger partial charge in [-0.05, 0) is 128 Å². The zero-order valence-corrected chi connectivity index (χ0v) is 37.9. The summed E-state index contributed by atoms with van der Waals surface area (Å²) >= 11 is 0. The maximum absolute atomic E-state index is 7.02. The lowest BCUT2D eigenvalue weighted by Crippen LogP contribution is -2.37. The first-order valence-corrected chi connectivity index (χ1v) is 25.9. The molecular weight excluding hydrogens is 793 g/mol. The van der Waals surface area contributed by atoms with E-state index in [1.54, 1.807) is 0 Å². The summed E-state index contributed by atoms with van der Waals surface area (Å²) < 4.78 is 7.02. The van der Waals surface area contributed by atoms with E-state index in [-0.39, 0.29) is 5.41 Å². The average Bonchev–Trinajstić information content (AvgIpc) is 3.55. The van der Waals surface area contributed by atoms with E-state index >= 15 is 0 Å². The predicted molar refractivity (Wildman–Crippen MR) is 274 cm³/mol. The molecule has 3 nitrogen and oxygen atoms in total. The van der Waals surface area contributed by atoms with Crippen LogP contribution in [0.5, 0.6) is 11.5 Å². The summed E-state index contributed by atoms with van der Waals surface area (Å²) in [5, 5.41) is 8.63. The number of ether oxygens (including phenoxy) is 1. The molecule has 0 fully saturated rings. The Morgan fingerprint density at radius 2 is 0.938 bits per heavy atom. The van der Waals surface area contributed by atoms with Gasteiger partial charge in [-0.1, -0.05) is 154 Å². The van der Waals surface area contributed by atoms with Crippen LogP contribution in [-0.2, 0) is 5.41 Å². The van der Waals surface area contributed by atoms with E-state index in [2.05, 4.69) is 243 Å². The molecule has 1 aliphatic carbocycles. The van der Waals surface area contributed by atoms with Crippen molar-refractivity contribution in [1.82, 2.24) is 0 Å². The minimum absolute atomic E-state index is 0.113. The molecule has 64 heavy (non-hydrogen) atoms. The Balaban J connectivity index is 1.03. The fraction of sp³-hybridized carbons (Fsp3) is 0.100. The molecule has 0 spiro atoms. The molecule has 0 radical (unpaired) electrons. The standard InChI is InChI=1S/C60H48N2OSi/c1-60(2)54-25-15-14-22-46(54)47-33-29-42(35-55(47)60)61(39-17-8-6-9-18-39)43-30-34-49-53-37-51-45-21-12-13-23-48(45)56(38-52(51)50-24-16-26-57(59(50)53)63-58(49)36-43)62(40-19-10-7-11-20-40)41-27-31-44(32-28-41)64(3,4)5/h6-38H,1-5H3. The van der Waals surface area contributed by atoms with Gasteiger partial charge in [-0.25, -0.2) is 0 Å². The maximum atomic E-state index is 7.02. The van der Waals surface area contributed by atoms with Gasteiger partial charge in [0.1, 0.15) is 11.5 Å². The fourth-order valence-corrected chi connectivity index (χ4v) is 11.7. The molecule has 10 aromatic carbocycles. The van der Waals surface area contributed by atoms with E-state index in [1.165, 1.54) is 59.9 Å². The van der Waals surface area contributed by atoms with Crippen LogP contribution >= 0.6 is 0 Å². The lowest BCUT2D eigenvalue weighted by atomic mass is 9.82. The highest BCUT2D eigenvalue weighted by atomic mass is 28.3. The first-order chi connectivity index (χ1) is 31.1. The van der Waals surface area contributed by atoms with Gasteiger partial charge >= 0.3 is 0 Å². The van der Waals surface area contributed by atoms with E-state index in [4.69, 9.17) is 4.74 Å². The number of nitrogens with zero attached hydrogens (tertiary/aromatic N) is 2. The van der Waals surface area contributed by atoms with Crippen LogP contribution in [0, 0.1) is 0 Å². The van der Waals surface area contributed by atoms with Crippen LogP contribution in [-0.4, -0.2) is 8.07 Å². The zero-order valence-electron chi connectivity index (χ0n) is 36.9. The molecule has 0 unspecified atom stereocenters. The second-order valence-corrected chi connectivity index (χ2v) is 24.0. The molecule has 1 heterocycles. The third-order valence-corrected chi connectivity index (χ3v) is 15.8. The molecule has 0 aromatic heterocycles. The maximum Gasteiger partial charge on any atom is 0.137 e. The van der Waals surface area contributed by atoms with Gasteiger partial charge in [-0.2, -0.15) is 0 Å². The van der Waals surface area contributed by atoms with Crippen LogP contribution < -0.4 is 19.7 Å². The van der Waals surface area contributed by atoms with Crippen molar-refractivity contribution in [2.45, 2.75) is 38.9 Å². The first kappa shape index (κ1) is 38.3. The highest BCUT2D eigenvalue weighted by Gasteiger charge is 2.36. The summed E-state index contributed by atoms with van der Waals surface area (Å²) in [5.74, 6) is 1.73. The summed E-state index contributed by atoms with van der Waals surface area (Å²) in [6, 6.07) is 73.6. The summed E-state index contributed by atoms with van der Waals surface area (Å²) in [5.41, 5.74) is 14.2. The molecule has 12 rings (SSSR count). The Kier molecular flexibility index (Phi) is 8.56. The topological polar surface area (TPSA) is 15.7 Å². The summed E-state index contributed by atoms with van der Waals surface area (Å²) in [4.78, 5) is 4.80. The SMILES string of the molecule is CC1(C)c2ccccc2-c2ccc(N(c3ccccc3)c3ccc4c(c3)Oc3cccc5c3c-4cc3c4ccccc4c(N(c4ccccc4)c4ccc([Si](C)(C)C)cc4)cc53)cc21. The molecule has 1 aliphatic heterocycles. The summed E-state index contributed by atoms with van der Waals surface area (Å²) in [6.07, 6.45) is 0. The van der Waals surface area contributed by atoms with Crippen molar-refractivity contribution in [2.75, 3.05) is 9.80 Å². The lowest BCUT2D eigenvalue weighted by molar-refractivity contribution is 0.487. The quantitative estimate of drug-likeness (QED) is 0.117. The summed E-state index contributed by atoms with van der Waals surface area (Å²) in [7, 11) is -1.49. The van der Waals surface area contributed by atoms with Gasteiger partial charge in [0.15, 0.2) is 0 Å². The third kappa shape index (κ3) is 5.93. The first-order valence-electron chi connectivity index (χ1n) is 22.4. The Hall–Kier alpha value is -7.40. The van der Waals surface area contributed by atoms with Gasteiger partial charge < -0.3 is 14.5 Å². The Labute approximate surface area is 376 Å². The summed E-state index contributed by atoms with van der Waals surface area (Å²) in [6.45, 7) is 11.9. The molecule has 10 aromatic rings. The van der Waals surface area contributed by atoms with Crippen LogP contribution in [0.2, 0.25) is 19.6 Å². The smallest absolute Gasteiger partial charge is 0.137 e. The fourth-order valence-electron chi connectivity index (χ4n) is 10.5. The average molecular weight is 841 g/mol. The lowest BCUT2D eigenvalue weighted by Gasteiger charge is -2.30. The number of para-hydroxylation sites is 2. The Bertz CT molecular complexity index is 3480. The highest BCUT2D eigenvalue weighted by molar-refractivity contribution is 6.88. The van der Waals surface area contributed by atoms with Gasteiger partial charge in [-0.15, -0.1) is 0 Å². The minimum atomic E-state index is -1.49. The Morgan fingerprint density at radius 3 is 1.67 bits per heavy atom. The number of fused-ring (bicyclic) bond motifs is 9. The van der Waals surface area contributed by atoms with Crippen molar-refractivity contribution in [1.29, 1.82) is 0 Å². The number of benzene rings is 10. The third-order valence-electron chi connectivity index (χ3n) is 13.8. The predicted octanol–water partition coefficient (Wildman–Crippen LogP) is 16.7. The van der Waals surface area contributed by atoms with Gasteiger partial charge in [0.05, 0.1) is 13.8 Å². The molecule has 4 heteroatoms. The van der Waals surface area contributed by atoms with Crippen LogP contribution in [0.3, 0.4) is 0 Å². The molecule has 0 atom stereocenters. The molecule has 0 saturated carbocycles. The zero-order chi connectivity index (χ0) is 43.3. The molecule has 0 amide bonds. The minimum Gasteiger partial charge on any atom is -0.456 e. The molecular formula is C60H48N2OSi.